The van der Waals surface area contributed by atoms with Crippen LogP contribution in [0.15, 0.2) is 24.3 Å². The van der Waals surface area contributed by atoms with Crippen molar-refractivity contribution in [3.05, 3.63) is 29.8 Å². The number of nitrogens with zero attached hydrogens (tertiary/aromatic N) is 3. The van der Waals surface area contributed by atoms with Crippen molar-refractivity contribution in [1.29, 1.82) is 5.26 Å². The van der Waals surface area contributed by atoms with Gasteiger partial charge < -0.3 is 10.6 Å². The van der Waals surface area contributed by atoms with E-state index < -0.39 is 0 Å². The Morgan fingerprint density at radius 1 is 1.18 bits per heavy atom. The topological polar surface area (TPSA) is 88.5 Å². The van der Waals surface area contributed by atoms with Crippen molar-refractivity contribution < 1.29 is 9.59 Å². The molecule has 0 saturated carbocycles. The first-order valence-corrected chi connectivity index (χ1v) is 9.77. The fraction of sp³-hybridized carbons (Fsp3) is 0.571. The molecule has 7 nitrogen and oxygen atoms in total. The smallest absolute Gasteiger partial charge is 0.241 e. The molecule has 152 valence electrons. The fourth-order valence-corrected chi connectivity index (χ4v) is 3.29. The number of amides is 2. The molecule has 0 unspecified atom stereocenters. The molecule has 1 atom stereocenters. The summed E-state index contributed by atoms with van der Waals surface area (Å²) in [7, 11) is 0. The Hall–Kier alpha value is -2.43. The molecular formula is C21H31N5O2. The van der Waals surface area contributed by atoms with Gasteiger partial charge in [-0.2, -0.15) is 5.26 Å². The first kappa shape index (κ1) is 21.9. The normalized spacial score (nSPS) is 17.2. The standard InChI is InChI=1S/C21H31N5O2/c1-16(20(28)23-18-9-6-5-8-17(18)14-22)26-11-7-10-25(12-13-26)15-19(27)24-21(2,3)4/h5-6,8-9,16H,7,10-13,15H2,1-4H3,(H,23,28)(H,24,27)/t16-/m0/s1. The van der Waals surface area contributed by atoms with E-state index in [0.717, 1.165) is 32.6 Å². The Bertz CT molecular complexity index is 735. The van der Waals surface area contributed by atoms with Crippen LogP contribution in [0.1, 0.15) is 39.7 Å². The van der Waals surface area contributed by atoms with Crippen LogP contribution < -0.4 is 10.6 Å². The van der Waals surface area contributed by atoms with E-state index in [-0.39, 0.29) is 23.4 Å². The summed E-state index contributed by atoms with van der Waals surface area (Å²) < 4.78 is 0. The summed E-state index contributed by atoms with van der Waals surface area (Å²) in [4.78, 5) is 29.1. The number of nitrogens with one attached hydrogen (secondary N) is 2. The molecule has 0 radical (unpaired) electrons. The molecule has 2 N–H and O–H groups in total. The molecule has 2 amide bonds. The van der Waals surface area contributed by atoms with Crippen molar-refractivity contribution in [3.63, 3.8) is 0 Å². The summed E-state index contributed by atoms with van der Waals surface area (Å²) in [5.74, 6) is -0.0959. The van der Waals surface area contributed by atoms with Crippen molar-refractivity contribution in [3.8, 4) is 6.07 Å². The fourth-order valence-electron chi connectivity index (χ4n) is 3.29. The number of hydrogen-bond donors (Lipinski definition) is 2. The molecule has 1 aromatic carbocycles. The summed E-state index contributed by atoms with van der Waals surface area (Å²) in [5.41, 5.74) is 0.758. The van der Waals surface area contributed by atoms with Crippen LogP contribution in [0.4, 0.5) is 5.69 Å². The Morgan fingerprint density at radius 3 is 2.57 bits per heavy atom. The van der Waals surface area contributed by atoms with E-state index >= 15 is 0 Å². The molecule has 0 aromatic heterocycles. The van der Waals surface area contributed by atoms with Gasteiger partial charge in [-0.3, -0.25) is 19.4 Å². The maximum atomic E-state index is 12.7. The minimum Gasteiger partial charge on any atom is -0.350 e. The maximum Gasteiger partial charge on any atom is 0.241 e. The van der Waals surface area contributed by atoms with Gasteiger partial charge in [0.1, 0.15) is 6.07 Å². The van der Waals surface area contributed by atoms with Gasteiger partial charge in [-0.1, -0.05) is 12.1 Å². The number of benzene rings is 1. The number of carbonyl (C=O) groups is 2. The third-order valence-corrected chi connectivity index (χ3v) is 4.74. The van der Waals surface area contributed by atoms with Crippen LogP contribution in [0.2, 0.25) is 0 Å². The Labute approximate surface area is 167 Å². The van der Waals surface area contributed by atoms with Crippen LogP contribution >= 0.6 is 0 Å². The van der Waals surface area contributed by atoms with Crippen LogP contribution in [-0.4, -0.2) is 65.9 Å². The van der Waals surface area contributed by atoms with E-state index in [0.29, 0.717) is 17.8 Å². The molecule has 1 aliphatic heterocycles. The molecule has 0 aliphatic carbocycles. The van der Waals surface area contributed by atoms with Crippen LogP contribution in [0.5, 0.6) is 0 Å². The van der Waals surface area contributed by atoms with Gasteiger partial charge in [0.25, 0.3) is 0 Å². The molecule has 1 heterocycles. The van der Waals surface area contributed by atoms with Gasteiger partial charge in [0.2, 0.25) is 11.8 Å². The van der Waals surface area contributed by atoms with Crippen molar-refractivity contribution >= 4 is 17.5 Å². The van der Waals surface area contributed by atoms with Gasteiger partial charge in [-0.05, 0) is 52.8 Å². The molecule has 0 bridgehead atoms. The van der Waals surface area contributed by atoms with E-state index in [1.807, 2.05) is 27.7 Å². The van der Waals surface area contributed by atoms with Gasteiger partial charge in [0, 0.05) is 25.2 Å². The number of carbonyl (C=O) groups excluding carboxylic acids is 2. The monoisotopic (exact) mass is 385 g/mol. The zero-order valence-corrected chi connectivity index (χ0v) is 17.3. The lowest BCUT2D eigenvalue weighted by Crippen LogP contribution is -2.47. The summed E-state index contributed by atoms with van der Waals surface area (Å²) >= 11 is 0. The van der Waals surface area contributed by atoms with E-state index in [2.05, 4.69) is 26.5 Å². The summed E-state index contributed by atoms with van der Waals surface area (Å²) in [5, 5.41) is 15.0. The summed E-state index contributed by atoms with van der Waals surface area (Å²) in [6.45, 7) is 11.3. The van der Waals surface area contributed by atoms with Crippen LogP contribution in [0, 0.1) is 11.3 Å². The van der Waals surface area contributed by atoms with Crippen molar-refractivity contribution in [2.75, 3.05) is 38.0 Å². The highest BCUT2D eigenvalue weighted by Crippen LogP contribution is 2.15. The average molecular weight is 386 g/mol. The Balaban J connectivity index is 1.89. The highest BCUT2D eigenvalue weighted by atomic mass is 16.2. The second kappa shape index (κ2) is 9.67. The predicted octanol–water partition coefficient (Wildman–Crippen LogP) is 1.81. The molecule has 0 spiro atoms. The van der Waals surface area contributed by atoms with Gasteiger partial charge in [0.15, 0.2) is 0 Å². The molecular weight excluding hydrogens is 354 g/mol. The van der Waals surface area contributed by atoms with Gasteiger partial charge in [-0.15, -0.1) is 0 Å². The Morgan fingerprint density at radius 2 is 1.89 bits per heavy atom. The molecule has 1 saturated heterocycles. The highest BCUT2D eigenvalue weighted by molar-refractivity contribution is 5.95. The first-order valence-electron chi connectivity index (χ1n) is 9.77. The van der Waals surface area contributed by atoms with Gasteiger partial charge in [-0.25, -0.2) is 0 Å². The number of rotatable bonds is 5. The Kier molecular flexibility index (Phi) is 7.55. The molecule has 28 heavy (non-hydrogen) atoms. The molecule has 2 rings (SSSR count). The minimum absolute atomic E-state index is 0.0276. The molecule has 7 heteroatoms. The number of anilines is 1. The third kappa shape index (κ3) is 6.63. The van der Waals surface area contributed by atoms with E-state index in [9.17, 15) is 14.9 Å². The molecule has 1 aliphatic rings. The first-order chi connectivity index (χ1) is 13.2. The number of hydrogen-bond acceptors (Lipinski definition) is 5. The molecule has 1 aromatic rings. The van der Waals surface area contributed by atoms with Crippen LogP contribution in [-0.2, 0) is 9.59 Å². The number of nitriles is 1. The van der Waals surface area contributed by atoms with Crippen molar-refractivity contribution in [2.45, 2.75) is 45.7 Å². The van der Waals surface area contributed by atoms with Crippen LogP contribution in [0.3, 0.4) is 0 Å². The SMILES string of the molecule is C[C@@H](C(=O)Nc1ccccc1C#N)N1CCCN(CC(=O)NC(C)(C)C)CC1. The zero-order valence-electron chi connectivity index (χ0n) is 17.3. The lowest BCUT2D eigenvalue weighted by molar-refractivity contribution is -0.124. The third-order valence-electron chi connectivity index (χ3n) is 4.74. The molecule has 1 fully saturated rings. The maximum absolute atomic E-state index is 12.7. The number of para-hydroxylation sites is 1. The van der Waals surface area contributed by atoms with E-state index in [1.54, 1.807) is 24.3 Å². The summed E-state index contributed by atoms with van der Waals surface area (Å²) in [6.07, 6.45) is 0.898. The predicted molar refractivity (Wildman–Crippen MR) is 110 cm³/mol. The van der Waals surface area contributed by atoms with Crippen molar-refractivity contribution in [1.82, 2.24) is 15.1 Å². The second-order valence-corrected chi connectivity index (χ2v) is 8.29. The minimum atomic E-state index is -0.310. The van der Waals surface area contributed by atoms with E-state index in [1.165, 1.54) is 0 Å². The largest absolute Gasteiger partial charge is 0.350 e. The summed E-state index contributed by atoms with van der Waals surface area (Å²) in [6, 6.07) is 8.78. The lowest BCUT2D eigenvalue weighted by atomic mass is 10.1. The van der Waals surface area contributed by atoms with Crippen LogP contribution in [0.25, 0.3) is 0 Å². The van der Waals surface area contributed by atoms with Gasteiger partial charge >= 0.3 is 0 Å². The average Bonchev–Trinajstić information content (AvgIpc) is 2.85. The second-order valence-electron chi connectivity index (χ2n) is 8.29. The zero-order chi connectivity index (χ0) is 20.7. The lowest BCUT2D eigenvalue weighted by Gasteiger charge is -2.27. The van der Waals surface area contributed by atoms with Gasteiger partial charge in [0.05, 0.1) is 23.8 Å². The van der Waals surface area contributed by atoms with E-state index in [4.69, 9.17) is 0 Å². The highest BCUT2D eigenvalue weighted by Gasteiger charge is 2.25. The van der Waals surface area contributed by atoms with Crippen molar-refractivity contribution in [2.24, 2.45) is 0 Å². The quantitative estimate of drug-likeness (QED) is 0.807.